The van der Waals surface area contributed by atoms with Crippen molar-refractivity contribution >= 4 is 11.6 Å². The summed E-state index contributed by atoms with van der Waals surface area (Å²) >= 11 is 0. The molecule has 4 nitrogen and oxygen atoms in total. The van der Waals surface area contributed by atoms with Crippen molar-refractivity contribution in [2.75, 3.05) is 23.7 Å². The molecule has 0 unspecified atom stereocenters. The van der Waals surface area contributed by atoms with Gasteiger partial charge in [0.15, 0.2) is 0 Å². The molecule has 0 aliphatic carbocycles. The molecule has 0 aliphatic heterocycles. The fraction of sp³-hybridized carbons (Fsp3) is 0.750. The molecule has 0 saturated carbocycles. The van der Waals surface area contributed by atoms with Gasteiger partial charge in [-0.25, -0.2) is 9.97 Å². The largest absolute Gasteiger partial charge is 0.370 e. The number of aromatic nitrogens is 2. The van der Waals surface area contributed by atoms with E-state index < -0.39 is 0 Å². The number of unbranched alkanes of at least 4 members (excludes halogenated alkanes) is 3. The van der Waals surface area contributed by atoms with Gasteiger partial charge < -0.3 is 10.6 Å². The summed E-state index contributed by atoms with van der Waals surface area (Å²) < 4.78 is 0. The highest BCUT2D eigenvalue weighted by Crippen LogP contribution is 2.28. The number of hydrogen-bond donors (Lipinski definition) is 2. The quantitative estimate of drug-likeness (QED) is 0.622. The van der Waals surface area contributed by atoms with E-state index in [4.69, 9.17) is 0 Å². The first-order valence-corrected chi connectivity index (χ1v) is 8.03. The number of hydrogen-bond acceptors (Lipinski definition) is 4. The van der Waals surface area contributed by atoms with Gasteiger partial charge in [-0.2, -0.15) is 0 Å². The highest BCUT2D eigenvalue weighted by Gasteiger charge is 2.14. The van der Waals surface area contributed by atoms with Crippen molar-refractivity contribution in [1.29, 1.82) is 0 Å². The average Bonchev–Trinajstić information content (AvgIpc) is 2.44. The van der Waals surface area contributed by atoms with Crippen LogP contribution in [0.3, 0.4) is 0 Å². The molecule has 1 aromatic heterocycles. The van der Waals surface area contributed by atoms with Gasteiger partial charge in [0.1, 0.15) is 18.0 Å². The first-order chi connectivity index (χ1) is 9.70. The molecule has 0 spiro atoms. The van der Waals surface area contributed by atoms with E-state index in [1.165, 1.54) is 31.2 Å². The zero-order valence-electron chi connectivity index (χ0n) is 13.5. The van der Waals surface area contributed by atoms with E-state index in [2.05, 4.69) is 48.3 Å². The smallest absolute Gasteiger partial charge is 0.134 e. The molecule has 0 atom stereocenters. The van der Waals surface area contributed by atoms with Crippen LogP contribution in [0.4, 0.5) is 11.6 Å². The highest BCUT2D eigenvalue weighted by molar-refractivity contribution is 5.58. The number of rotatable bonds is 10. The van der Waals surface area contributed by atoms with Gasteiger partial charge >= 0.3 is 0 Å². The molecule has 20 heavy (non-hydrogen) atoms. The molecule has 114 valence electrons. The van der Waals surface area contributed by atoms with Crippen LogP contribution in [0, 0.1) is 0 Å². The minimum absolute atomic E-state index is 0.411. The third kappa shape index (κ3) is 5.35. The Morgan fingerprint density at radius 1 is 0.900 bits per heavy atom. The van der Waals surface area contributed by atoms with E-state index in [-0.39, 0.29) is 0 Å². The van der Waals surface area contributed by atoms with E-state index in [9.17, 15) is 0 Å². The molecule has 2 N–H and O–H groups in total. The van der Waals surface area contributed by atoms with Crippen molar-refractivity contribution in [3.63, 3.8) is 0 Å². The lowest BCUT2D eigenvalue weighted by atomic mass is 10.0. The Morgan fingerprint density at radius 2 is 1.55 bits per heavy atom. The van der Waals surface area contributed by atoms with E-state index >= 15 is 0 Å². The molecular formula is C16H30N4. The summed E-state index contributed by atoms with van der Waals surface area (Å²) in [5.41, 5.74) is 1.21. The van der Waals surface area contributed by atoms with Crippen LogP contribution in [0.5, 0.6) is 0 Å². The van der Waals surface area contributed by atoms with Crippen molar-refractivity contribution in [3.05, 3.63) is 11.9 Å². The highest BCUT2D eigenvalue weighted by atomic mass is 15.1. The molecule has 1 heterocycles. The second-order valence-corrected chi connectivity index (χ2v) is 5.55. The first kappa shape index (κ1) is 16.7. The molecule has 1 rings (SSSR count). The molecule has 1 aromatic rings. The van der Waals surface area contributed by atoms with Crippen LogP contribution in [0.2, 0.25) is 0 Å². The Labute approximate surface area is 123 Å². The van der Waals surface area contributed by atoms with Gasteiger partial charge in [0.05, 0.1) is 0 Å². The van der Waals surface area contributed by atoms with Gasteiger partial charge in [0.25, 0.3) is 0 Å². The lowest BCUT2D eigenvalue weighted by Gasteiger charge is -2.17. The van der Waals surface area contributed by atoms with E-state index in [1.807, 2.05) is 0 Å². The summed E-state index contributed by atoms with van der Waals surface area (Å²) in [6, 6.07) is 0. The van der Waals surface area contributed by atoms with Crippen LogP contribution >= 0.6 is 0 Å². The third-order valence-corrected chi connectivity index (χ3v) is 3.33. The van der Waals surface area contributed by atoms with Gasteiger partial charge in [-0.15, -0.1) is 0 Å². The predicted octanol–water partition coefficient (Wildman–Crippen LogP) is 4.41. The van der Waals surface area contributed by atoms with Crippen LogP contribution in [0.25, 0.3) is 0 Å². The SMILES string of the molecule is CCCCCCNc1ncnc(NCCC)c1C(C)C. The van der Waals surface area contributed by atoms with Gasteiger partial charge in [-0.3, -0.25) is 0 Å². The second-order valence-electron chi connectivity index (χ2n) is 5.55. The monoisotopic (exact) mass is 278 g/mol. The van der Waals surface area contributed by atoms with Gasteiger partial charge in [0, 0.05) is 18.7 Å². The van der Waals surface area contributed by atoms with E-state index in [0.717, 1.165) is 31.1 Å². The normalized spacial score (nSPS) is 10.8. The van der Waals surface area contributed by atoms with Gasteiger partial charge in [-0.1, -0.05) is 47.0 Å². The zero-order chi connectivity index (χ0) is 14.8. The zero-order valence-corrected chi connectivity index (χ0v) is 13.5. The van der Waals surface area contributed by atoms with Crippen molar-refractivity contribution in [2.24, 2.45) is 0 Å². The molecule has 0 aliphatic rings. The topological polar surface area (TPSA) is 49.8 Å². The maximum Gasteiger partial charge on any atom is 0.134 e. The van der Waals surface area contributed by atoms with Crippen molar-refractivity contribution in [3.8, 4) is 0 Å². The van der Waals surface area contributed by atoms with Crippen LogP contribution < -0.4 is 10.6 Å². The molecule has 0 saturated heterocycles. The molecule has 0 bridgehead atoms. The second kappa shape index (κ2) is 9.56. The van der Waals surface area contributed by atoms with E-state index in [1.54, 1.807) is 6.33 Å². The van der Waals surface area contributed by atoms with Crippen molar-refractivity contribution in [2.45, 2.75) is 65.7 Å². The standard InChI is InChI=1S/C16H30N4/c1-5-7-8-9-11-18-16-14(13(3)4)15(17-10-6-2)19-12-20-16/h12-13H,5-11H2,1-4H3,(H2,17,18,19,20). The van der Waals surface area contributed by atoms with E-state index in [0.29, 0.717) is 5.92 Å². The Balaban J connectivity index is 2.68. The lowest BCUT2D eigenvalue weighted by Crippen LogP contribution is -2.12. The summed E-state index contributed by atoms with van der Waals surface area (Å²) in [5.74, 6) is 2.38. The molecule has 0 radical (unpaired) electrons. The fourth-order valence-corrected chi connectivity index (χ4v) is 2.23. The number of nitrogens with zero attached hydrogens (tertiary/aromatic N) is 2. The summed E-state index contributed by atoms with van der Waals surface area (Å²) in [4.78, 5) is 8.82. The van der Waals surface area contributed by atoms with Gasteiger partial charge in [0.2, 0.25) is 0 Å². The molecular weight excluding hydrogens is 248 g/mol. The maximum absolute atomic E-state index is 4.42. The van der Waals surface area contributed by atoms with Crippen LogP contribution in [-0.2, 0) is 0 Å². The summed E-state index contributed by atoms with van der Waals surface area (Å²) in [6.07, 6.45) is 7.82. The summed E-state index contributed by atoms with van der Waals surface area (Å²) in [6.45, 7) is 10.7. The van der Waals surface area contributed by atoms with Gasteiger partial charge in [-0.05, 0) is 18.8 Å². The average molecular weight is 278 g/mol. The van der Waals surface area contributed by atoms with Crippen LogP contribution in [-0.4, -0.2) is 23.1 Å². The van der Waals surface area contributed by atoms with Crippen molar-refractivity contribution < 1.29 is 0 Å². The molecule has 0 fully saturated rings. The predicted molar refractivity (Wildman–Crippen MR) is 87.5 cm³/mol. The fourth-order valence-electron chi connectivity index (χ4n) is 2.23. The summed E-state index contributed by atoms with van der Waals surface area (Å²) in [7, 11) is 0. The number of anilines is 2. The lowest BCUT2D eigenvalue weighted by molar-refractivity contribution is 0.683. The third-order valence-electron chi connectivity index (χ3n) is 3.33. The Morgan fingerprint density at radius 3 is 2.10 bits per heavy atom. The summed E-state index contributed by atoms with van der Waals surface area (Å²) in [5, 5.41) is 6.88. The van der Waals surface area contributed by atoms with Crippen LogP contribution in [0.15, 0.2) is 6.33 Å². The molecule has 4 heteroatoms. The maximum atomic E-state index is 4.42. The Bertz CT molecular complexity index is 377. The Kier molecular flexibility index (Phi) is 8.00. The Hall–Kier alpha value is -1.32. The minimum Gasteiger partial charge on any atom is -0.370 e. The van der Waals surface area contributed by atoms with Crippen LogP contribution in [0.1, 0.15) is 71.3 Å². The molecule has 0 amide bonds. The first-order valence-electron chi connectivity index (χ1n) is 8.03. The van der Waals surface area contributed by atoms with Crippen molar-refractivity contribution in [1.82, 2.24) is 9.97 Å². The number of nitrogens with one attached hydrogen (secondary N) is 2. The minimum atomic E-state index is 0.411. The molecule has 0 aromatic carbocycles.